The fourth-order valence-corrected chi connectivity index (χ4v) is 1.63. The number of unbranched alkanes of at least 4 members (excludes halogenated alkanes) is 2. The summed E-state index contributed by atoms with van der Waals surface area (Å²) in [5, 5.41) is 5.00. The van der Waals surface area contributed by atoms with Crippen LogP contribution in [0, 0.1) is 0 Å². The number of carbonyl (C=O) groups is 1. The highest BCUT2D eigenvalue weighted by molar-refractivity contribution is 5.92. The quantitative estimate of drug-likeness (QED) is 0.761. The second kappa shape index (κ2) is 6.93. The first-order valence-electron chi connectivity index (χ1n) is 6.26. The molecule has 0 unspecified atom stereocenters. The molecule has 96 valence electrons. The van der Waals surface area contributed by atoms with E-state index in [1.54, 1.807) is 0 Å². The molecule has 0 saturated carbocycles. The van der Waals surface area contributed by atoms with Gasteiger partial charge in [0.25, 0.3) is 11.5 Å². The van der Waals surface area contributed by atoms with E-state index < -0.39 is 0 Å². The van der Waals surface area contributed by atoms with Crippen LogP contribution in [0.2, 0.25) is 0 Å². The van der Waals surface area contributed by atoms with Crippen molar-refractivity contribution in [3.63, 3.8) is 0 Å². The number of aromatic nitrogens is 2. The van der Waals surface area contributed by atoms with Crippen LogP contribution in [-0.2, 0) is 0 Å². The number of nitrogens with zero attached hydrogens (tertiary/aromatic N) is 1. The summed E-state index contributed by atoms with van der Waals surface area (Å²) in [7, 11) is 0. The predicted molar refractivity (Wildman–Crippen MR) is 67.1 cm³/mol. The maximum Gasteiger partial charge on any atom is 0.271 e. The number of H-pyrrole nitrogens is 2. The molecule has 0 bridgehead atoms. The third-order valence-electron chi connectivity index (χ3n) is 2.68. The summed E-state index contributed by atoms with van der Waals surface area (Å²) in [6.07, 6.45) is 4.09. The van der Waals surface area contributed by atoms with Gasteiger partial charge in [-0.05, 0) is 12.8 Å². The van der Waals surface area contributed by atoms with E-state index in [0.717, 1.165) is 38.8 Å². The van der Waals surface area contributed by atoms with Gasteiger partial charge in [0.05, 0.1) is 0 Å². The van der Waals surface area contributed by atoms with E-state index in [2.05, 4.69) is 24.0 Å². The highest BCUT2D eigenvalue weighted by Gasteiger charge is 2.16. The molecule has 0 aliphatic rings. The molecule has 1 amide bonds. The van der Waals surface area contributed by atoms with Crippen molar-refractivity contribution in [1.29, 1.82) is 0 Å². The van der Waals surface area contributed by atoms with Crippen LogP contribution in [0.3, 0.4) is 0 Å². The van der Waals surface area contributed by atoms with Gasteiger partial charge in [0.2, 0.25) is 0 Å². The smallest absolute Gasteiger partial charge is 0.271 e. The molecule has 0 aliphatic heterocycles. The Balaban J connectivity index is 2.67. The van der Waals surface area contributed by atoms with Crippen molar-refractivity contribution < 1.29 is 4.79 Å². The predicted octanol–water partition coefficient (Wildman–Crippen LogP) is 1.75. The first-order valence-corrected chi connectivity index (χ1v) is 6.26. The topological polar surface area (TPSA) is 69.0 Å². The highest BCUT2D eigenvalue weighted by atomic mass is 16.2. The standard InChI is InChI=1S/C12H21N3O2/c1-3-5-7-15(8-6-4-2)12(17)10-9-11(16)14-13-10/h9H,3-8H2,1-2H3,(H2,13,14,16). The van der Waals surface area contributed by atoms with Crippen molar-refractivity contribution in [1.82, 2.24) is 15.1 Å². The van der Waals surface area contributed by atoms with Gasteiger partial charge >= 0.3 is 0 Å². The maximum atomic E-state index is 12.1. The van der Waals surface area contributed by atoms with Gasteiger partial charge in [-0.2, -0.15) is 0 Å². The fraction of sp³-hybridized carbons (Fsp3) is 0.667. The number of carbonyl (C=O) groups excluding carboxylic acids is 1. The van der Waals surface area contributed by atoms with E-state index in [4.69, 9.17) is 0 Å². The number of hydrogen-bond acceptors (Lipinski definition) is 2. The second-order valence-electron chi connectivity index (χ2n) is 4.17. The van der Waals surface area contributed by atoms with E-state index in [0.29, 0.717) is 5.69 Å². The highest BCUT2D eigenvalue weighted by Crippen LogP contribution is 2.04. The molecule has 0 radical (unpaired) electrons. The number of aromatic amines is 2. The van der Waals surface area contributed by atoms with Crippen molar-refractivity contribution in [3.05, 3.63) is 22.1 Å². The van der Waals surface area contributed by atoms with Gasteiger partial charge < -0.3 is 4.90 Å². The van der Waals surface area contributed by atoms with Gasteiger partial charge in [0.1, 0.15) is 5.69 Å². The molecule has 0 saturated heterocycles. The maximum absolute atomic E-state index is 12.1. The average Bonchev–Trinajstić information content (AvgIpc) is 2.75. The monoisotopic (exact) mass is 239 g/mol. The van der Waals surface area contributed by atoms with Gasteiger partial charge in [0, 0.05) is 19.2 Å². The molecule has 0 aliphatic carbocycles. The Bertz CT molecular complexity index is 386. The number of hydrogen-bond donors (Lipinski definition) is 2. The Morgan fingerprint density at radius 3 is 2.18 bits per heavy atom. The van der Waals surface area contributed by atoms with E-state index in [1.165, 1.54) is 6.07 Å². The van der Waals surface area contributed by atoms with Gasteiger partial charge in [-0.25, -0.2) is 0 Å². The van der Waals surface area contributed by atoms with Crippen molar-refractivity contribution >= 4 is 5.91 Å². The Morgan fingerprint density at radius 1 is 1.18 bits per heavy atom. The molecule has 0 fully saturated rings. The molecular formula is C12H21N3O2. The van der Waals surface area contributed by atoms with Crippen LogP contribution < -0.4 is 5.56 Å². The SMILES string of the molecule is CCCCN(CCCC)C(=O)c1cc(=O)[nH][nH]1. The third kappa shape index (κ3) is 4.09. The van der Waals surface area contributed by atoms with Crippen molar-refractivity contribution in [2.24, 2.45) is 0 Å². The largest absolute Gasteiger partial charge is 0.337 e. The van der Waals surface area contributed by atoms with E-state index >= 15 is 0 Å². The number of nitrogens with one attached hydrogen (secondary N) is 2. The van der Waals surface area contributed by atoms with Crippen LogP contribution >= 0.6 is 0 Å². The van der Waals surface area contributed by atoms with Gasteiger partial charge in [-0.3, -0.25) is 19.8 Å². The van der Waals surface area contributed by atoms with Crippen molar-refractivity contribution in [2.45, 2.75) is 39.5 Å². The van der Waals surface area contributed by atoms with Crippen LogP contribution in [0.1, 0.15) is 50.0 Å². The first kappa shape index (κ1) is 13.5. The van der Waals surface area contributed by atoms with Crippen molar-refractivity contribution in [3.8, 4) is 0 Å². The van der Waals surface area contributed by atoms with Crippen LogP contribution in [0.5, 0.6) is 0 Å². The van der Waals surface area contributed by atoms with E-state index in [9.17, 15) is 9.59 Å². The molecule has 5 heteroatoms. The molecule has 2 N–H and O–H groups in total. The molecule has 5 nitrogen and oxygen atoms in total. The lowest BCUT2D eigenvalue weighted by Gasteiger charge is -2.21. The zero-order chi connectivity index (χ0) is 12.7. The average molecular weight is 239 g/mol. The van der Waals surface area contributed by atoms with E-state index in [-0.39, 0.29) is 11.5 Å². The Hall–Kier alpha value is -1.52. The lowest BCUT2D eigenvalue weighted by atomic mass is 10.2. The van der Waals surface area contributed by atoms with Gasteiger partial charge in [0.15, 0.2) is 0 Å². The lowest BCUT2D eigenvalue weighted by Crippen LogP contribution is -2.33. The Morgan fingerprint density at radius 2 is 1.76 bits per heavy atom. The summed E-state index contributed by atoms with van der Waals surface area (Å²) in [5.74, 6) is -0.0924. The number of amides is 1. The van der Waals surface area contributed by atoms with Crippen LogP contribution in [0.25, 0.3) is 0 Å². The molecule has 17 heavy (non-hydrogen) atoms. The molecule has 1 aromatic heterocycles. The second-order valence-corrected chi connectivity index (χ2v) is 4.17. The summed E-state index contributed by atoms with van der Waals surface area (Å²) in [5.41, 5.74) is 0.0847. The van der Waals surface area contributed by atoms with E-state index in [1.807, 2.05) is 4.90 Å². The van der Waals surface area contributed by atoms with Crippen molar-refractivity contribution in [2.75, 3.05) is 13.1 Å². The molecule has 0 atom stereocenters. The first-order chi connectivity index (χ1) is 8.19. The van der Waals surface area contributed by atoms with Gasteiger partial charge in [-0.15, -0.1) is 0 Å². The summed E-state index contributed by atoms with van der Waals surface area (Å²) in [6, 6.07) is 1.31. The minimum atomic E-state index is -0.265. The molecule has 1 rings (SSSR count). The summed E-state index contributed by atoms with van der Waals surface area (Å²) in [4.78, 5) is 24.9. The Labute approximate surface area is 101 Å². The summed E-state index contributed by atoms with van der Waals surface area (Å²) < 4.78 is 0. The Kier molecular flexibility index (Phi) is 5.52. The molecule has 1 heterocycles. The minimum absolute atomic E-state index is 0.0924. The fourth-order valence-electron chi connectivity index (χ4n) is 1.63. The van der Waals surface area contributed by atoms with Crippen LogP contribution in [0.4, 0.5) is 0 Å². The summed E-state index contributed by atoms with van der Waals surface area (Å²) in [6.45, 7) is 5.70. The normalized spacial score (nSPS) is 10.5. The lowest BCUT2D eigenvalue weighted by molar-refractivity contribution is 0.0745. The number of rotatable bonds is 7. The zero-order valence-electron chi connectivity index (χ0n) is 10.6. The van der Waals surface area contributed by atoms with Crippen LogP contribution in [0.15, 0.2) is 10.9 Å². The molecule has 0 spiro atoms. The van der Waals surface area contributed by atoms with Gasteiger partial charge in [-0.1, -0.05) is 26.7 Å². The zero-order valence-corrected chi connectivity index (χ0v) is 10.6. The summed E-state index contributed by atoms with van der Waals surface area (Å²) >= 11 is 0. The van der Waals surface area contributed by atoms with Crippen LogP contribution in [-0.4, -0.2) is 34.1 Å². The molecular weight excluding hydrogens is 218 g/mol. The molecule has 0 aromatic carbocycles. The minimum Gasteiger partial charge on any atom is -0.337 e. The third-order valence-corrected chi connectivity index (χ3v) is 2.68. The molecule has 1 aromatic rings.